The lowest BCUT2D eigenvalue weighted by Gasteiger charge is -2.19. The van der Waals surface area contributed by atoms with Crippen LogP contribution in [0.15, 0.2) is 49.3 Å². The van der Waals surface area contributed by atoms with Gasteiger partial charge in [0.15, 0.2) is 0 Å². The SMILES string of the molecule is C=C[C@@H](/C=C/c1cnc(Oc2ccc(NC(=O)OC(C)(C)C)cc2Cl)nc1)NC(C)=O. The van der Waals surface area contributed by atoms with Crippen molar-refractivity contribution >= 4 is 35.4 Å². The lowest BCUT2D eigenvalue weighted by atomic mass is 10.2. The van der Waals surface area contributed by atoms with Gasteiger partial charge in [0.1, 0.15) is 11.4 Å². The van der Waals surface area contributed by atoms with Crippen molar-refractivity contribution in [3.63, 3.8) is 0 Å². The van der Waals surface area contributed by atoms with Crippen molar-refractivity contribution in [1.29, 1.82) is 0 Å². The summed E-state index contributed by atoms with van der Waals surface area (Å²) in [6.45, 7) is 10.4. The van der Waals surface area contributed by atoms with E-state index in [2.05, 4.69) is 27.2 Å². The van der Waals surface area contributed by atoms with E-state index in [4.69, 9.17) is 21.1 Å². The fourth-order valence-electron chi connectivity index (χ4n) is 2.28. The first kappa shape index (κ1) is 23.9. The van der Waals surface area contributed by atoms with Crippen LogP contribution in [0, 0.1) is 0 Å². The standard InChI is InChI=1S/C22H25ClN4O4/c1-6-16(26-14(2)28)8-7-15-12-24-20(25-13-15)30-19-10-9-17(11-18(19)23)27-21(29)31-22(3,4)5/h6-13,16H,1H2,2-5H3,(H,26,28)(H,27,29)/b8-7+/t16-/m0/s1. The molecule has 9 heteroatoms. The summed E-state index contributed by atoms with van der Waals surface area (Å²) in [7, 11) is 0. The average molecular weight is 445 g/mol. The second-order valence-corrected chi connectivity index (χ2v) is 7.90. The Balaban J connectivity index is 2.00. The van der Waals surface area contributed by atoms with E-state index in [-0.39, 0.29) is 23.0 Å². The summed E-state index contributed by atoms with van der Waals surface area (Å²) < 4.78 is 10.8. The molecular formula is C22H25ClN4O4. The number of anilines is 1. The van der Waals surface area contributed by atoms with Gasteiger partial charge in [0.2, 0.25) is 5.91 Å². The molecule has 1 atom stereocenters. The number of aromatic nitrogens is 2. The van der Waals surface area contributed by atoms with Crippen LogP contribution in [0.4, 0.5) is 10.5 Å². The number of halogens is 1. The van der Waals surface area contributed by atoms with Crippen LogP contribution in [0.2, 0.25) is 5.02 Å². The molecule has 0 unspecified atom stereocenters. The van der Waals surface area contributed by atoms with Crippen LogP contribution in [0.3, 0.4) is 0 Å². The third-order valence-electron chi connectivity index (χ3n) is 3.55. The molecule has 8 nitrogen and oxygen atoms in total. The van der Waals surface area contributed by atoms with E-state index in [1.54, 1.807) is 63.5 Å². The van der Waals surface area contributed by atoms with Gasteiger partial charge in [-0.05, 0) is 39.0 Å². The predicted molar refractivity (Wildman–Crippen MR) is 120 cm³/mol. The lowest BCUT2D eigenvalue weighted by Crippen LogP contribution is -2.29. The van der Waals surface area contributed by atoms with Gasteiger partial charge in [0.05, 0.1) is 11.1 Å². The number of carbonyl (C=O) groups excluding carboxylic acids is 2. The first-order valence-electron chi connectivity index (χ1n) is 9.43. The Kier molecular flexibility index (Phi) is 8.15. The van der Waals surface area contributed by atoms with Gasteiger partial charge in [-0.25, -0.2) is 14.8 Å². The normalized spacial score (nSPS) is 12.2. The molecule has 1 aromatic heterocycles. The molecule has 31 heavy (non-hydrogen) atoms. The molecule has 2 amide bonds. The maximum atomic E-state index is 11.9. The van der Waals surface area contributed by atoms with E-state index in [9.17, 15) is 9.59 Å². The highest BCUT2D eigenvalue weighted by molar-refractivity contribution is 6.32. The molecule has 0 aliphatic heterocycles. The number of nitrogens with zero attached hydrogens (tertiary/aromatic N) is 2. The van der Waals surface area contributed by atoms with Crippen molar-refractivity contribution in [2.75, 3.05) is 5.32 Å². The van der Waals surface area contributed by atoms with Gasteiger partial charge in [0, 0.05) is 30.6 Å². The minimum absolute atomic E-state index is 0.106. The van der Waals surface area contributed by atoms with Crippen molar-refractivity contribution in [1.82, 2.24) is 15.3 Å². The summed E-state index contributed by atoms with van der Waals surface area (Å²) in [6.07, 6.45) is 7.69. The van der Waals surface area contributed by atoms with Crippen LogP contribution in [0.25, 0.3) is 6.08 Å². The largest absolute Gasteiger partial charge is 0.444 e. The molecule has 0 aliphatic rings. The Labute approximate surface area is 186 Å². The minimum atomic E-state index is -0.605. The van der Waals surface area contributed by atoms with E-state index in [0.717, 1.165) is 0 Å². The highest BCUT2D eigenvalue weighted by Crippen LogP contribution is 2.30. The molecule has 1 heterocycles. The number of hydrogen-bond acceptors (Lipinski definition) is 6. The molecule has 0 fully saturated rings. The quantitative estimate of drug-likeness (QED) is 0.584. The predicted octanol–water partition coefficient (Wildman–Crippen LogP) is 4.97. The third kappa shape index (κ3) is 8.47. The fraction of sp³-hybridized carbons (Fsp3) is 0.273. The summed E-state index contributed by atoms with van der Waals surface area (Å²) in [5.41, 5.74) is 0.572. The smallest absolute Gasteiger partial charge is 0.412 e. The Morgan fingerprint density at radius 1 is 1.23 bits per heavy atom. The van der Waals surface area contributed by atoms with Gasteiger partial charge >= 0.3 is 12.1 Å². The van der Waals surface area contributed by atoms with Crippen LogP contribution in [-0.4, -0.2) is 33.6 Å². The number of rotatable bonds is 7. The lowest BCUT2D eigenvalue weighted by molar-refractivity contribution is -0.119. The van der Waals surface area contributed by atoms with Gasteiger partial charge in [-0.15, -0.1) is 6.58 Å². The monoisotopic (exact) mass is 444 g/mol. The molecule has 0 aliphatic carbocycles. The fourth-order valence-corrected chi connectivity index (χ4v) is 2.50. The molecule has 0 bridgehead atoms. The van der Waals surface area contributed by atoms with E-state index in [0.29, 0.717) is 17.0 Å². The second-order valence-electron chi connectivity index (χ2n) is 7.49. The van der Waals surface area contributed by atoms with Crippen molar-refractivity contribution in [2.24, 2.45) is 0 Å². The molecule has 0 spiro atoms. The molecule has 2 rings (SSSR count). The number of benzene rings is 1. The summed E-state index contributed by atoms with van der Waals surface area (Å²) >= 11 is 6.24. The van der Waals surface area contributed by atoms with Crippen LogP contribution in [0.5, 0.6) is 11.8 Å². The first-order chi connectivity index (χ1) is 14.6. The van der Waals surface area contributed by atoms with Gasteiger partial charge in [-0.2, -0.15) is 0 Å². The number of hydrogen-bond donors (Lipinski definition) is 2. The van der Waals surface area contributed by atoms with Crippen LogP contribution in [-0.2, 0) is 9.53 Å². The Morgan fingerprint density at radius 3 is 2.45 bits per heavy atom. The molecule has 1 aromatic carbocycles. The summed E-state index contributed by atoms with van der Waals surface area (Å²) in [6, 6.07) is 4.57. The minimum Gasteiger partial charge on any atom is -0.444 e. The van der Waals surface area contributed by atoms with Crippen LogP contribution < -0.4 is 15.4 Å². The molecule has 2 aromatic rings. The average Bonchev–Trinajstić information content (AvgIpc) is 2.66. The Bertz CT molecular complexity index is 968. The number of carbonyl (C=O) groups is 2. The molecule has 164 valence electrons. The maximum Gasteiger partial charge on any atom is 0.412 e. The van der Waals surface area contributed by atoms with Crippen LogP contribution in [0.1, 0.15) is 33.3 Å². The molecule has 0 saturated heterocycles. The number of ether oxygens (including phenoxy) is 2. The van der Waals surface area contributed by atoms with Crippen LogP contribution >= 0.6 is 11.6 Å². The van der Waals surface area contributed by atoms with Crippen molar-refractivity contribution in [2.45, 2.75) is 39.3 Å². The first-order valence-corrected chi connectivity index (χ1v) is 9.81. The zero-order valence-corrected chi connectivity index (χ0v) is 18.6. The Hall–Kier alpha value is -3.39. The summed E-state index contributed by atoms with van der Waals surface area (Å²) in [5.74, 6) is 0.177. The van der Waals surface area contributed by atoms with Crippen molar-refractivity contribution in [3.05, 3.63) is 59.9 Å². The van der Waals surface area contributed by atoms with Crippen molar-refractivity contribution < 1.29 is 19.1 Å². The number of nitrogens with one attached hydrogen (secondary N) is 2. The van der Waals surface area contributed by atoms with Gasteiger partial charge in [0.25, 0.3) is 0 Å². The van der Waals surface area contributed by atoms with Gasteiger partial charge in [-0.1, -0.05) is 29.8 Å². The zero-order chi connectivity index (χ0) is 23.0. The molecule has 0 radical (unpaired) electrons. The van der Waals surface area contributed by atoms with E-state index in [1.165, 1.54) is 13.0 Å². The Morgan fingerprint density at radius 2 is 1.90 bits per heavy atom. The van der Waals surface area contributed by atoms with Crippen molar-refractivity contribution in [3.8, 4) is 11.8 Å². The summed E-state index contributed by atoms with van der Waals surface area (Å²) in [4.78, 5) is 31.3. The third-order valence-corrected chi connectivity index (χ3v) is 3.84. The molecule has 2 N–H and O–H groups in total. The molecular weight excluding hydrogens is 420 g/mol. The van der Waals surface area contributed by atoms with Gasteiger partial charge in [-0.3, -0.25) is 10.1 Å². The molecule has 0 saturated carbocycles. The second kappa shape index (κ2) is 10.6. The summed E-state index contributed by atoms with van der Waals surface area (Å²) in [5, 5.41) is 5.59. The van der Waals surface area contributed by atoms with E-state index < -0.39 is 11.7 Å². The number of amides is 2. The van der Waals surface area contributed by atoms with E-state index >= 15 is 0 Å². The van der Waals surface area contributed by atoms with Gasteiger partial charge < -0.3 is 14.8 Å². The zero-order valence-electron chi connectivity index (χ0n) is 17.8. The topological polar surface area (TPSA) is 102 Å². The van der Waals surface area contributed by atoms with E-state index in [1.807, 2.05) is 0 Å². The maximum absolute atomic E-state index is 11.9. The highest BCUT2D eigenvalue weighted by Gasteiger charge is 2.16. The highest BCUT2D eigenvalue weighted by atomic mass is 35.5.